The van der Waals surface area contributed by atoms with Crippen LogP contribution in [0.15, 0.2) is 18.5 Å². The van der Waals surface area contributed by atoms with Crippen LogP contribution in [-0.2, 0) is 9.53 Å². The fourth-order valence-corrected chi connectivity index (χ4v) is 3.33. The van der Waals surface area contributed by atoms with Crippen LogP contribution in [0.4, 0.5) is 0 Å². The number of imidazole rings is 1. The van der Waals surface area contributed by atoms with E-state index in [0.29, 0.717) is 26.7 Å². The van der Waals surface area contributed by atoms with Crippen molar-refractivity contribution in [2.75, 3.05) is 6.61 Å². The van der Waals surface area contributed by atoms with Crippen LogP contribution in [-0.4, -0.2) is 38.2 Å². The minimum Gasteiger partial charge on any atom is -0.504 e. The highest BCUT2D eigenvalue weighted by atomic mass is 32.1. The number of aromatic hydroxyl groups is 1. The van der Waals surface area contributed by atoms with Gasteiger partial charge in [-0.05, 0) is 34.6 Å². The van der Waals surface area contributed by atoms with E-state index in [1.54, 1.807) is 39.2 Å². The summed E-state index contributed by atoms with van der Waals surface area (Å²) in [6, 6.07) is 2.95. The van der Waals surface area contributed by atoms with E-state index in [1.165, 1.54) is 29.8 Å². The van der Waals surface area contributed by atoms with Gasteiger partial charge in [0, 0.05) is 12.1 Å². The van der Waals surface area contributed by atoms with Gasteiger partial charge in [0.1, 0.15) is 11.2 Å². The summed E-state index contributed by atoms with van der Waals surface area (Å²) in [6.07, 6.45) is 1.53. The number of esters is 2. The molecule has 0 bridgehead atoms. The molecule has 0 fully saturated rings. The number of aromatic nitrogens is 3. The van der Waals surface area contributed by atoms with E-state index < -0.39 is 17.4 Å². The lowest BCUT2D eigenvalue weighted by Gasteiger charge is -2.16. The third-order valence-corrected chi connectivity index (χ3v) is 5.03. The molecule has 0 unspecified atom stereocenters. The van der Waals surface area contributed by atoms with Crippen molar-refractivity contribution in [2.45, 2.75) is 34.6 Å². The molecule has 148 valence electrons. The number of benzene rings is 1. The van der Waals surface area contributed by atoms with Crippen molar-refractivity contribution in [1.82, 2.24) is 14.5 Å². The smallest absolute Gasteiger partial charge is 0.350 e. The second kappa shape index (κ2) is 7.23. The van der Waals surface area contributed by atoms with Crippen molar-refractivity contribution in [3.05, 3.63) is 29.0 Å². The zero-order valence-electron chi connectivity index (χ0n) is 16.3. The van der Waals surface area contributed by atoms with Gasteiger partial charge in [-0.3, -0.25) is 9.36 Å². The summed E-state index contributed by atoms with van der Waals surface area (Å²) < 4.78 is 12.0. The van der Waals surface area contributed by atoms with Gasteiger partial charge in [-0.15, -0.1) is 0 Å². The van der Waals surface area contributed by atoms with Crippen molar-refractivity contribution in [1.29, 1.82) is 0 Å². The quantitative estimate of drug-likeness (QED) is 0.524. The Kier molecular flexibility index (Phi) is 5.12. The summed E-state index contributed by atoms with van der Waals surface area (Å²) in [7, 11) is 0. The maximum absolute atomic E-state index is 12.1. The Bertz CT molecular complexity index is 1060. The standard InChI is InChI=1S/C19H21N3O5S/c1-6-26-16(24)15-10(2)21-18(28-15)22-9-20-11-7-14(13(23)8-12(11)22)27-17(25)19(3,4)5/h7-9,23H,6H2,1-5H3. The third kappa shape index (κ3) is 3.70. The summed E-state index contributed by atoms with van der Waals surface area (Å²) in [4.78, 5) is 33.3. The maximum atomic E-state index is 12.1. The Hall–Kier alpha value is -2.94. The molecule has 0 aliphatic carbocycles. The van der Waals surface area contributed by atoms with Crippen LogP contribution in [0.1, 0.15) is 43.1 Å². The Morgan fingerprint density at radius 2 is 2.00 bits per heavy atom. The summed E-state index contributed by atoms with van der Waals surface area (Å²) >= 11 is 1.17. The van der Waals surface area contributed by atoms with Crippen LogP contribution < -0.4 is 4.74 Å². The van der Waals surface area contributed by atoms with E-state index in [0.717, 1.165) is 0 Å². The predicted octanol–water partition coefficient (Wildman–Crippen LogP) is 3.62. The van der Waals surface area contributed by atoms with Gasteiger partial charge in [0.05, 0.1) is 28.7 Å². The van der Waals surface area contributed by atoms with Crippen molar-refractivity contribution in [3.8, 4) is 16.6 Å². The van der Waals surface area contributed by atoms with Crippen molar-refractivity contribution < 1.29 is 24.2 Å². The van der Waals surface area contributed by atoms with E-state index in [1.807, 2.05) is 0 Å². The van der Waals surface area contributed by atoms with Gasteiger partial charge in [0.25, 0.3) is 0 Å². The lowest BCUT2D eigenvalue weighted by Crippen LogP contribution is -2.25. The summed E-state index contributed by atoms with van der Waals surface area (Å²) in [5.74, 6) is -1.03. The molecule has 3 rings (SSSR count). The zero-order chi connectivity index (χ0) is 20.6. The molecule has 1 aromatic carbocycles. The molecule has 3 aromatic rings. The van der Waals surface area contributed by atoms with Crippen LogP contribution in [0.3, 0.4) is 0 Å². The highest BCUT2D eigenvalue weighted by Crippen LogP contribution is 2.34. The van der Waals surface area contributed by atoms with Crippen LogP contribution in [0.5, 0.6) is 11.5 Å². The zero-order valence-corrected chi connectivity index (χ0v) is 17.1. The van der Waals surface area contributed by atoms with Gasteiger partial charge < -0.3 is 14.6 Å². The molecular weight excluding hydrogens is 382 g/mol. The van der Waals surface area contributed by atoms with Gasteiger partial charge in [0.15, 0.2) is 16.6 Å². The number of fused-ring (bicyclic) bond motifs is 1. The molecule has 2 heterocycles. The molecule has 0 atom stereocenters. The number of rotatable bonds is 4. The number of phenols is 1. The molecule has 0 radical (unpaired) electrons. The number of carbonyl (C=O) groups excluding carboxylic acids is 2. The average Bonchev–Trinajstić information content (AvgIpc) is 3.17. The van der Waals surface area contributed by atoms with Crippen LogP contribution in [0, 0.1) is 12.3 Å². The normalized spacial score (nSPS) is 11.6. The number of nitrogens with zero attached hydrogens (tertiary/aromatic N) is 3. The molecule has 9 heteroatoms. The van der Waals surface area contributed by atoms with E-state index in [9.17, 15) is 14.7 Å². The average molecular weight is 403 g/mol. The number of carbonyl (C=O) groups is 2. The van der Waals surface area contributed by atoms with Crippen molar-refractivity contribution in [2.24, 2.45) is 5.41 Å². The molecule has 0 aliphatic rings. The predicted molar refractivity (Wildman–Crippen MR) is 104 cm³/mol. The monoisotopic (exact) mass is 403 g/mol. The number of thiazole rings is 1. The third-order valence-electron chi connectivity index (χ3n) is 3.90. The maximum Gasteiger partial charge on any atom is 0.350 e. The van der Waals surface area contributed by atoms with Crippen LogP contribution in [0.2, 0.25) is 0 Å². The molecule has 0 saturated carbocycles. The van der Waals surface area contributed by atoms with Crippen LogP contribution in [0.25, 0.3) is 16.2 Å². The van der Waals surface area contributed by atoms with Crippen molar-refractivity contribution in [3.63, 3.8) is 0 Å². The van der Waals surface area contributed by atoms with E-state index in [2.05, 4.69) is 9.97 Å². The minimum absolute atomic E-state index is 0.0419. The second-order valence-electron chi connectivity index (χ2n) is 7.19. The molecule has 0 aliphatic heterocycles. The minimum atomic E-state index is -0.706. The first-order chi connectivity index (χ1) is 13.1. The first kappa shape index (κ1) is 19.8. The van der Waals surface area contributed by atoms with E-state index in [4.69, 9.17) is 9.47 Å². The number of ether oxygens (including phenoxy) is 2. The van der Waals surface area contributed by atoms with Gasteiger partial charge in [-0.1, -0.05) is 11.3 Å². The fourth-order valence-electron chi connectivity index (χ4n) is 2.38. The SMILES string of the molecule is CCOC(=O)c1sc(-n2cnc3cc(OC(=O)C(C)(C)C)c(O)cc32)nc1C. The summed E-state index contributed by atoms with van der Waals surface area (Å²) in [5.41, 5.74) is 0.931. The van der Waals surface area contributed by atoms with E-state index >= 15 is 0 Å². The molecule has 2 aromatic heterocycles. The lowest BCUT2D eigenvalue weighted by atomic mass is 9.97. The van der Waals surface area contributed by atoms with E-state index in [-0.39, 0.29) is 18.1 Å². The highest BCUT2D eigenvalue weighted by molar-refractivity contribution is 7.16. The molecule has 0 spiro atoms. The number of hydrogen-bond donors (Lipinski definition) is 1. The first-order valence-electron chi connectivity index (χ1n) is 8.69. The number of phenolic OH excluding ortho intramolecular Hbond substituents is 1. The Balaban J connectivity index is 1.99. The largest absolute Gasteiger partial charge is 0.504 e. The van der Waals surface area contributed by atoms with Crippen LogP contribution >= 0.6 is 11.3 Å². The lowest BCUT2D eigenvalue weighted by molar-refractivity contribution is -0.143. The molecule has 28 heavy (non-hydrogen) atoms. The number of aryl methyl sites for hydroxylation is 1. The second-order valence-corrected chi connectivity index (χ2v) is 8.17. The van der Waals surface area contributed by atoms with Gasteiger partial charge in [-0.25, -0.2) is 14.8 Å². The molecule has 8 nitrogen and oxygen atoms in total. The summed E-state index contributed by atoms with van der Waals surface area (Å²) in [5, 5.41) is 10.8. The Labute approximate surface area is 165 Å². The van der Waals surface area contributed by atoms with Gasteiger partial charge in [0.2, 0.25) is 0 Å². The van der Waals surface area contributed by atoms with Gasteiger partial charge in [-0.2, -0.15) is 0 Å². The Morgan fingerprint density at radius 1 is 1.29 bits per heavy atom. The summed E-state index contributed by atoms with van der Waals surface area (Å²) in [6.45, 7) is 8.93. The van der Waals surface area contributed by atoms with Gasteiger partial charge >= 0.3 is 11.9 Å². The highest BCUT2D eigenvalue weighted by Gasteiger charge is 2.25. The first-order valence-corrected chi connectivity index (χ1v) is 9.50. The molecular formula is C19H21N3O5S. The molecule has 0 saturated heterocycles. The molecule has 0 amide bonds. The molecule has 1 N–H and O–H groups in total. The van der Waals surface area contributed by atoms with Crippen molar-refractivity contribution >= 4 is 34.3 Å². The fraction of sp³-hybridized carbons (Fsp3) is 0.368. The Morgan fingerprint density at radius 3 is 2.64 bits per heavy atom. The number of hydrogen-bond acceptors (Lipinski definition) is 8. The topological polar surface area (TPSA) is 104 Å².